The fraction of sp³-hybridized carbons (Fsp3) is 0.226. The van der Waals surface area contributed by atoms with Crippen molar-refractivity contribution < 1.29 is 17.9 Å². The molecule has 0 aliphatic rings. The zero-order valence-corrected chi connectivity index (χ0v) is 25.2. The molecule has 0 aliphatic carbocycles. The van der Waals surface area contributed by atoms with Crippen LogP contribution >= 0.6 is 0 Å². The number of hydrogen-bond donors (Lipinski definition) is 3. The molecular formula is C31H33N7O4S. The maximum atomic E-state index is 13.2. The molecular weight excluding hydrogens is 566 g/mol. The molecule has 0 spiro atoms. The third-order valence-electron chi connectivity index (χ3n) is 7.21. The number of H-pyrrole nitrogens is 1. The Kier molecular flexibility index (Phi) is 8.05. The van der Waals surface area contributed by atoms with Crippen molar-refractivity contribution in [3.05, 3.63) is 72.3 Å². The molecule has 5 aromatic rings. The Balaban J connectivity index is 1.61. The number of carbonyl (C=O) groups excluding carboxylic acids is 1. The summed E-state index contributed by atoms with van der Waals surface area (Å²) < 4.78 is 31.5. The first-order chi connectivity index (χ1) is 20.5. The van der Waals surface area contributed by atoms with Crippen LogP contribution in [-0.2, 0) is 16.4 Å². The molecule has 1 amide bonds. The van der Waals surface area contributed by atoms with Crippen molar-refractivity contribution in [3.63, 3.8) is 0 Å². The van der Waals surface area contributed by atoms with Crippen LogP contribution in [0.4, 0.5) is 4.79 Å². The molecule has 4 N–H and O–H groups in total. The molecule has 0 atom stereocenters. The summed E-state index contributed by atoms with van der Waals surface area (Å²) in [5.74, 6) is 0.679. The standard InChI is InChI=1S/C31H33N7O4S/c1-5-37(6-2)31(39)42-28-26(21-10-8-19(9-11-21)20-12-15-23(16-13-20)43(4,40)41)36-38(7-3)27(28)30-34-24-17-14-22(29(32)33)18-25(24)35-30/h8-18H,5-7H2,1-4H3,(H3,32,33)(H,34,35). The van der Waals surface area contributed by atoms with E-state index in [1.807, 2.05) is 45.0 Å². The normalized spacial score (nSPS) is 11.5. The Morgan fingerprint density at radius 2 is 1.58 bits per heavy atom. The van der Waals surface area contributed by atoms with Crippen molar-refractivity contribution in [3.8, 4) is 39.7 Å². The fourth-order valence-electron chi connectivity index (χ4n) is 4.83. The van der Waals surface area contributed by atoms with Crippen LogP contribution in [-0.4, -0.2) is 64.3 Å². The molecule has 5 rings (SSSR count). The van der Waals surface area contributed by atoms with Gasteiger partial charge in [0.2, 0.25) is 0 Å². The number of nitrogens with zero attached hydrogens (tertiary/aromatic N) is 4. The van der Waals surface area contributed by atoms with Crippen LogP contribution < -0.4 is 10.5 Å². The van der Waals surface area contributed by atoms with Gasteiger partial charge in [-0.05, 0) is 62.2 Å². The minimum atomic E-state index is -3.29. The fourth-order valence-corrected chi connectivity index (χ4v) is 5.46. The van der Waals surface area contributed by atoms with Crippen LogP contribution in [0, 0.1) is 5.41 Å². The van der Waals surface area contributed by atoms with Gasteiger partial charge in [0.1, 0.15) is 17.2 Å². The molecule has 0 unspecified atom stereocenters. The molecule has 43 heavy (non-hydrogen) atoms. The van der Waals surface area contributed by atoms with Gasteiger partial charge in [-0.3, -0.25) is 10.1 Å². The number of sulfone groups is 1. The van der Waals surface area contributed by atoms with Gasteiger partial charge in [0.25, 0.3) is 0 Å². The summed E-state index contributed by atoms with van der Waals surface area (Å²) in [5.41, 5.74) is 11.1. The van der Waals surface area contributed by atoms with E-state index in [0.717, 1.165) is 16.7 Å². The van der Waals surface area contributed by atoms with Gasteiger partial charge in [-0.2, -0.15) is 5.10 Å². The van der Waals surface area contributed by atoms with Crippen molar-refractivity contribution in [2.24, 2.45) is 5.73 Å². The molecule has 2 heterocycles. The van der Waals surface area contributed by atoms with E-state index in [2.05, 4.69) is 4.98 Å². The number of nitrogen functional groups attached to an aromatic ring is 1. The van der Waals surface area contributed by atoms with E-state index in [-0.39, 0.29) is 16.5 Å². The SMILES string of the molecule is CCN(CC)C(=O)Oc1c(-c2ccc(-c3ccc(S(C)(=O)=O)cc3)cc2)nn(CC)c1-c1nc2ccc(C(=N)N)cc2[nH]1. The van der Waals surface area contributed by atoms with E-state index in [9.17, 15) is 13.2 Å². The number of amides is 1. The molecule has 3 aromatic carbocycles. The highest BCUT2D eigenvalue weighted by molar-refractivity contribution is 7.90. The molecule has 0 bridgehead atoms. The number of nitrogens with one attached hydrogen (secondary N) is 2. The number of imidazole rings is 1. The van der Waals surface area contributed by atoms with Gasteiger partial charge in [-0.25, -0.2) is 18.2 Å². The van der Waals surface area contributed by atoms with Gasteiger partial charge in [0, 0.05) is 37.0 Å². The van der Waals surface area contributed by atoms with Crippen molar-refractivity contribution in [2.45, 2.75) is 32.2 Å². The number of fused-ring (bicyclic) bond motifs is 1. The number of ether oxygens (including phenoxy) is 1. The van der Waals surface area contributed by atoms with Gasteiger partial charge in [-0.1, -0.05) is 36.4 Å². The number of aryl methyl sites for hydroxylation is 1. The van der Waals surface area contributed by atoms with E-state index >= 15 is 0 Å². The summed E-state index contributed by atoms with van der Waals surface area (Å²) in [7, 11) is -3.29. The van der Waals surface area contributed by atoms with Gasteiger partial charge < -0.3 is 20.4 Å². The number of benzene rings is 3. The maximum absolute atomic E-state index is 13.2. The zero-order valence-electron chi connectivity index (χ0n) is 24.4. The van der Waals surface area contributed by atoms with E-state index < -0.39 is 15.9 Å². The van der Waals surface area contributed by atoms with Crippen LogP contribution in [0.25, 0.3) is 44.9 Å². The van der Waals surface area contributed by atoms with Crippen molar-refractivity contribution in [2.75, 3.05) is 19.3 Å². The minimum absolute atomic E-state index is 0.0532. The molecule has 0 aliphatic heterocycles. The van der Waals surface area contributed by atoms with Crippen molar-refractivity contribution in [1.82, 2.24) is 24.6 Å². The Labute approximate surface area is 249 Å². The number of amidine groups is 1. The number of rotatable bonds is 9. The average molecular weight is 600 g/mol. The maximum Gasteiger partial charge on any atom is 0.415 e. The highest BCUT2D eigenvalue weighted by Crippen LogP contribution is 2.40. The second-order valence-corrected chi connectivity index (χ2v) is 12.0. The molecule has 0 saturated carbocycles. The average Bonchev–Trinajstić information content (AvgIpc) is 3.58. The highest BCUT2D eigenvalue weighted by Gasteiger charge is 2.27. The third kappa shape index (κ3) is 5.86. The summed E-state index contributed by atoms with van der Waals surface area (Å²) >= 11 is 0. The molecule has 222 valence electrons. The van der Waals surface area contributed by atoms with Gasteiger partial charge in [-0.15, -0.1) is 0 Å². The number of nitrogens with two attached hydrogens (primary N) is 1. The second-order valence-electron chi connectivity index (χ2n) is 9.99. The van der Waals surface area contributed by atoms with Gasteiger partial charge in [0.15, 0.2) is 21.4 Å². The quantitative estimate of drug-likeness (QED) is 0.153. The van der Waals surface area contributed by atoms with Gasteiger partial charge in [0.05, 0.1) is 15.9 Å². The zero-order chi connectivity index (χ0) is 30.9. The van der Waals surface area contributed by atoms with Crippen molar-refractivity contribution in [1.29, 1.82) is 5.41 Å². The lowest BCUT2D eigenvalue weighted by molar-refractivity contribution is 0.157. The number of aromatic amines is 1. The largest absolute Gasteiger partial charge is 0.415 e. The lowest BCUT2D eigenvalue weighted by Crippen LogP contribution is -2.33. The van der Waals surface area contributed by atoms with Gasteiger partial charge >= 0.3 is 6.09 Å². The first-order valence-corrected chi connectivity index (χ1v) is 15.8. The third-order valence-corrected chi connectivity index (χ3v) is 8.34. The summed E-state index contributed by atoms with van der Waals surface area (Å²) in [6.45, 7) is 7.15. The summed E-state index contributed by atoms with van der Waals surface area (Å²) in [6.07, 6.45) is 0.681. The number of hydrogen-bond acceptors (Lipinski definition) is 7. The van der Waals surface area contributed by atoms with Crippen LogP contribution in [0.3, 0.4) is 0 Å². The van der Waals surface area contributed by atoms with E-state index in [1.165, 1.54) is 6.26 Å². The van der Waals surface area contributed by atoms with E-state index in [4.69, 9.17) is 26.0 Å². The Hall–Kier alpha value is -4.97. The van der Waals surface area contributed by atoms with E-state index in [0.29, 0.717) is 53.4 Å². The first kappa shape index (κ1) is 29.5. The number of carbonyl (C=O) groups is 1. The summed E-state index contributed by atoms with van der Waals surface area (Å²) in [6, 6.07) is 19.6. The topological polar surface area (TPSA) is 160 Å². The molecule has 0 saturated heterocycles. The summed E-state index contributed by atoms with van der Waals surface area (Å²) in [4.78, 5) is 23.1. The molecule has 2 aromatic heterocycles. The lowest BCUT2D eigenvalue weighted by Gasteiger charge is -2.18. The molecule has 12 heteroatoms. The van der Waals surface area contributed by atoms with Crippen LogP contribution in [0.1, 0.15) is 26.3 Å². The summed E-state index contributed by atoms with van der Waals surface area (Å²) in [5, 5.41) is 12.6. The van der Waals surface area contributed by atoms with Crippen LogP contribution in [0.2, 0.25) is 0 Å². The van der Waals surface area contributed by atoms with Crippen LogP contribution in [0.5, 0.6) is 5.75 Å². The molecule has 0 fully saturated rings. The van der Waals surface area contributed by atoms with Crippen molar-refractivity contribution >= 4 is 32.8 Å². The molecule has 11 nitrogen and oxygen atoms in total. The minimum Gasteiger partial charge on any atom is -0.405 e. The highest BCUT2D eigenvalue weighted by atomic mass is 32.2. The first-order valence-electron chi connectivity index (χ1n) is 13.9. The Morgan fingerprint density at radius 3 is 2.14 bits per heavy atom. The Morgan fingerprint density at radius 1 is 0.977 bits per heavy atom. The monoisotopic (exact) mass is 599 g/mol. The smallest absolute Gasteiger partial charge is 0.405 e. The predicted molar refractivity (Wildman–Crippen MR) is 167 cm³/mol. The predicted octanol–water partition coefficient (Wildman–Crippen LogP) is 5.31. The Bertz CT molecular complexity index is 1920. The molecule has 0 radical (unpaired) electrons. The van der Waals surface area contributed by atoms with Crippen LogP contribution in [0.15, 0.2) is 71.6 Å². The second kappa shape index (κ2) is 11.7. The van der Waals surface area contributed by atoms with E-state index in [1.54, 1.807) is 52.0 Å². The lowest BCUT2D eigenvalue weighted by atomic mass is 10.0. The number of aromatic nitrogens is 4.